The molecule has 1 unspecified atom stereocenters. The summed E-state index contributed by atoms with van der Waals surface area (Å²) in [5.41, 5.74) is 3.01. The predicted molar refractivity (Wildman–Crippen MR) is 95.1 cm³/mol. The van der Waals surface area contributed by atoms with Crippen molar-refractivity contribution in [2.24, 2.45) is 0 Å². The summed E-state index contributed by atoms with van der Waals surface area (Å²) in [5, 5.41) is 0. The first-order valence-corrected chi connectivity index (χ1v) is 8.86. The van der Waals surface area contributed by atoms with Crippen molar-refractivity contribution in [1.82, 2.24) is 4.98 Å². The molecule has 0 saturated heterocycles. The third kappa shape index (κ3) is 3.09. The zero-order valence-electron chi connectivity index (χ0n) is 15.1. The van der Waals surface area contributed by atoms with Crippen LogP contribution in [0.25, 0.3) is 0 Å². The summed E-state index contributed by atoms with van der Waals surface area (Å²) in [6.07, 6.45) is 3.39. The number of hydrogen-bond acceptors (Lipinski definition) is 5. The molecule has 134 valence electrons. The average molecular weight is 351 g/mol. The van der Waals surface area contributed by atoms with Gasteiger partial charge in [0.05, 0.1) is 5.56 Å². The maximum atomic E-state index is 12.4. The van der Waals surface area contributed by atoms with Gasteiger partial charge in [-0.25, -0.2) is 14.6 Å². The van der Waals surface area contributed by atoms with Gasteiger partial charge in [-0.1, -0.05) is 12.1 Å². The lowest BCUT2D eigenvalue weighted by Crippen LogP contribution is -2.24. The Hall–Kier alpha value is -2.69. The van der Waals surface area contributed by atoms with E-state index in [9.17, 15) is 9.59 Å². The van der Waals surface area contributed by atoms with Crippen LogP contribution < -0.4 is 0 Å². The van der Waals surface area contributed by atoms with Crippen LogP contribution in [0.2, 0.25) is 0 Å². The van der Waals surface area contributed by atoms with Crippen LogP contribution in [0.3, 0.4) is 0 Å². The van der Waals surface area contributed by atoms with E-state index in [1.807, 2.05) is 32.9 Å². The van der Waals surface area contributed by atoms with E-state index in [0.717, 1.165) is 29.5 Å². The quantitative estimate of drug-likeness (QED) is 0.776. The first-order chi connectivity index (χ1) is 12.3. The van der Waals surface area contributed by atoms with Crippen molar-refractivity contribution in [2.45, 2.75) is 51.2 Å². The second kappa shape index (κ2) is 5.94. The Labute approximate surface area is 152 Å². The van der Waals surface area contributed by atoms with Gasteiger partial charge in [0.25, 0.3) is 0 Å². The van der Waals surface area contributed by atoms with Crippen LogP contribution in [0, 0.1) is 0 Å². The Morgan fingerprint density at radius 2 is 2.00 bits per heavy atom. The van der Waals surface area contributed by atoms with E-state index in [1.165, 1.54) is 0 Å². The molecule has 0 N–H and O–H groups in total. The SMILES string of the molecule is CC(C)(C)OC(=O)c1cccc(C2OC(=O)c3nccc(C4CC4)c32)c1. The standard InChI is InChI=1S/C21H21NO4/c1-21(2,3)26-19(23)14-6-4-5-13(11-14)18-16-15(12-7-8-12)9-10-22-17(16)20(24)25-18/h4-6,9-12,18H,7-8H2,1-3H3. The Balaban J connectivity index is 1.71. The summed E-state index contributed by atoms with van der Waals surface area (Å²) in [7, 11) is 0. The minimum Gasteiger partial charge on any atom is -0.456 e. The molecule has 0 bridgehead atoms. The maximum absolute atomic E-state index is 12.4. The number of fused-ring (bicyclic) bond motifs is 1. The van der Waals surface area contributed by atoms with E-state index in [1.54, 1.807) is 24.4 Å². The number of ether oxygens (including phenoxy) is 2. The smallest absolute Gasteiger partial charge is 0.358 e. The molecule has 0 radical (unpaired) electrons. The average Bonchev–Trinajstić information content (AvgIpc) is 3.37. The van der Waals surface area contributed by atoms with Crippen LogP contribution in [0.15, 0.2) is 36.5 Å². The molecule has 5 heteroatoms. The molecule has 1 aromatic heterocycles. The van der Waals surface area contributed by atoms with E-state index < -0.39 is 23.6 Å². The molecule has 1 aliphatic heterocycles. The summed E-state index contributed by atoms with van der Waals surface area (Å²) in [6.45, 7) is 5.49. The molecule has 2 heterocycles. The third-order valence-corrected chi connectivity index (χ3v) is 4.55. The zero-order chi connectivity index (χ0) is 18.5. The van der Waals surface area contributed by atoms with Gasteiger partial charge in [-0.15, -0.1) is 0 Å². The van der Waals surface area contributed by atoms with Crippen LogP contribution in [-0.2, 0) is 9.47 Å². The first-order valence-electron chi connectivity index (χ1n) is 8.86. The van der Waals surface area contributed by atoms with Gasteiger partial charge in [-0.2, -0.15) is 0 Å². The lowest BCUT2D eigenvalue weighted by Gasteiger charge is -2.20. The molecule has 5 nitrogen and oxygen atoms in total. The van der Waals surface area contributed by atoms with Gasteiger partial charge in [-0.05, 0) is 68.9 Å². The fourth-order valence-electron chi connectivity index (χ4n) is 3.30. The summed E-state index contributed by atoms with van der Waals surface area (Å²) in [4.78, 5) is 28.9. The normalized spacial score (nSPS) is 19.0. The van der Waals surface area contributed by atoms with Gasteiger partial charge in [0, 0.05) is 11.8 Å². The Bertz CT molecular complexity index is 893. The molecule has 0 spiro atoms. The molecule has 4 rings (SSSR count). The number of pyridine rings is 1. The minimum absolute atomic E-state index is 0.391. The van der Waals surface area contributed by atoms with Gasteiger partial charge < -0.3 is 9.47 Å². The topological polar surface area (TPSA) is 65.5 Å². The summed E-state index contributed by atoms with van der Waals surface area (Å²) >= 11 is 0. The first kappa shape index (κ1) is 16.8. The Morgan fingerprint density at radius 1 is 1.23 bits per heavy atom. The fraction of sp³-hybridized carbons (Fsp3) is 0.381. The van der Waals surface area contributed by atoms with Crippen molar-refractivity contribution < 1.29 is 19.1 Å². The third-order valence-electron chi connectivity index (χ3n) is 4.55. The minimum atomic E-state index is -0.567. The van der Waals surface area contributed by atoms with Gasteiger partial charge in [-0.3, -0.25) is 0 Å². The number of carbonyl (C=O) groups excluding carboxylic acids is 2. The van der Waals surface area contributed by atoms with Crippen molar-refractivity contribution in [1.29, 1.82) is 0 Å². The van der Waals surface area contributed by atoms with Crippen LogP contribution in [0.4, 0.5) is 0 Å². The van der Waals surface area contributed by atoms with Crippen LogP contribution in [0.1, 0.15) is 83.2 Å². The van der Waals surface area contributed by atoms with Crippen molar-refractivity contribution in [2.75, 3.05) is 0 Å². The van der Waals surface area contributed by atoms with Crippen molar-refractivity contribution in [3.05, 3.63) is 64.5 Å². The summed E-state index contributed by atoms with van der Waals surface area (Å²) < 4.78 is 11.1. The van der Waals surface area contributed by atoms with E-state index >= 15 is 0 Å². The highest BCUT2D eigenvalue weighted by atomic mass is 16.6. The van der Waals surface area contributed by atoms with Crippen molar-refractivity contribution >= 4 is 11.9 Å². The largest absolute Gasteiger partial charge is 0.456 e. The Morgan fingerprint density at radius 3 is 2.69 bits per heavy atom. The number of aromatic nitrogens is 1. The summed E-state index contributed by atoms with van der Waals surface area (Å²) in [5.74, 6) is -0.328. The lowest BCUT2D eigenvalue weighted by atomic mass is 9.94. The van der Waals surface area contributed by atoms with E-state index in [-0.39, 0.29) is 0 Å². The van der Waals surface area contributed by atoms with Crippen molar-refractivity contribution in [3.8, 4) is 0 Å². The highest BCUT2D eigenvalue weighted by Gasteiger charge is 2.39. The maximum Gasteiger partial charge on any atom is 0.358 e. The molecule has 1 aliphatic carbocycles. The molecule has 2 aliphatic rings. The molecule has 0 amide bonds. The number of carbonyl (C=O) groups is 2. The highest BCUT2D eigenvalue weighted by Crippen LogP contribution is 2.47. The Kier molecular flexibility index (Phi) is 3.83. The van der Waals surface area contributed by atoms with E-state index in [4.69, 9.17) is 9.47 Å². The molecule has 26 heavy (non-hydrogen) atoms. The van der Waals surface area contributed by atoms with E-state index in [2.05, 4.69) is 4.98 Å². The predicted octanol–water partition coefficient (Wildman–Crippen LogP) is 4.17. The molecular formula is C21H21NO4. The van der Waals surface area contributed by atoms with Crippen LogP contribution >= 0.6 is 0 Å². The van der Waals surface area contributed by atoms with Crippen LogP contribution in [-0.4, -0.2) is 22.5 Å². The monoisotopic (exact) mass is 351 g/mol. The number of nitrogens with zero attached hydrogens (tertiary/aromatic N) is 1. The summed E-state index contributed by atoms with van der Waals surface area (Å²) in [6, 6.07) is 9.08. The molecule has 1 aromatic carbocycles. The lowest BCUT2D eigenvalue weighted by molar-refractivity contribution is 0.00693. The zero-order valence-corrected chi connectivity index (χ0v) is 15.1. The molecule has 1 fully saturated rings. The number of hydrogen-bond donors (Lipinski definition) is 0. The van der Waals surface area contributed by atoms with Gasteiger partial charge >= 0.3 is 11.9 Å². The molecule has 1 atom stereocenters. The number of cyclic esters (lactones) is 1. The van der Waals surface area contributed by atoms with Crippen LogP contribution in [0.5, 0.6) is 0 Å². The van der Waals surface area contributed by atoms with Crippen molar-refractivity contribution in [3.63, 3.8) is 0 Å². The van der Waals surface area contributed by atoms with Gasteiger partial charge in [0.2, 0.25) is 0 Å². The molecule has 2 aromatic rings. The number of rotatable bonds is 3. The second-order valence-corrected chi connectivity index (χ2v) is 7.85. The molecule has 1 saturated carbocycles. The van der Waals surface area contributed by atoms with Gasteiger partial charge in [0.1, 0.15) is 5.60 Å². The second-order valence-electron chi connectivity index (χ2n) is 7.85. The number of benzene rings is 1. The van der Waals surface area contributed by atoms with Gasteiger partial charge in [0.15, 0.2) is 11.8 Å². The highest BCUT2D eigenvalue weighted by molar-refractivity contribution is 5.93. The van der Waals surface area contributed by atoms with E-state index in [0.29, 0.717) is 17.2 Å². The number of esters is 2. The fourth-order valence-corrected chi connectivity index (χ4v) is 3.30. The molecular weight excluding hydrogens is 330 g/mol.